The fourth-order valence-corrected chi connectivity index (χ4v) is 1.93. The summed E-state index contributed by atoms with van der Waals surface area (Å²) in [6, 6.07) is 7.24. The predicted octanol–water partition coefficient (Wildman–Crippen LogP) is 2.86. The summed E-state index contributed by atoms with van der Waals surface area (Å²) in [7, 11) is 1.56. The Morgan fingerprint density at radius 3 is 2.67 bits per heavy atom. The molecule has 0 spiro atoms. The fraction of sp³-hybridized carbons (Fsp3) is 0.133. The molecule has 1 N–H and O–H groups in total. The highest BCUT2D eigenvalue weighted by Gasteiger charge is 2.03. The summed E-state index contributed by atoms with van der Waals surface area (Å²) in [6.45, 7) is 0. The number of nitrogens with zero attached hydrogens (tertiary/aromatic N) is 2. The lowest BCUT2D eigenvalue weighted by molar-refractivity contribution is -0.111. The van der Waals surface area contributed by atoms with Crippen molar-refractivity contribution in [1.29, 1.82) is 0 Å². The SMILES string of the molecule is COc1ccccc1NC(=O)C=Cc1cnc(SC)nc1. The Kier molecular flexibility index (Phi) is 5.34. The van der Waals surface area contributed by atoms with Gasteiger partial charge in [-0.25, -0.2) is 9.97 Å². The van der Waals surface area contributed by atoms with Crippen LogP contribution in [0.5, 0.6) is 5.75 Å². The number of para-hydroxylation sites is 2. The van der Waals surface area contributed by atoms with E-state index < -0.39 is 0 Å². The van der Waals surface area contributed by atoms with Gasteiger partial charge in [0.15, 0.2) is 5.16 Å². The Balaban J connectivity index is 2.02. The lowest BCUT2D eigenvalue weighted by Gasteiger charge is -2.07. The van der Waals surface area contributed by atoms with Crippen LogP contribution < -0.4 is 10.1 Å². The Morgan fingerprint density at radius 2 is 2.00 bits per heavy atom. The van der Waals surface area contributed by atoms with Crippen molar-refractivity contribution < 1.29 is 9.53 Å². The van der Waals surface area contributed by atoms with E-state index in [1.165, 1.54) is 17.8 Å². The Labute approximate surface area is 127 Å². The number of hydrogen-bond acceptors (Lipinski definition) is 5. The van der Waals surface area contributed by atoms with Crippen molar-refractivity contribution in [2.45, 2.75) is 5.16 Å². The molecule has 0 unspecified atom stereocenters. The molecule has 0 aliphatic rings. The Bertz CT molecular complexity index is 642. The summed E-state index contributed by atoms with van der Waals surface area (Å²) < 4.78 is 5.17. The van der Waals surface area contributed by atoms with Crippen LogP contribution in [0.25, 0.3) is 6.08 Å². The maximum absolute atomic E-state index is 11.9. The zero-order valence-electron chi connectivity index (χ0n) is 11.7. The molecule has 0 saturated carbocycles. The number of carbonyl (C=O) groups excluding carboxylic acids is 1. The molecule has 0 aliphatic heterocycles. The van der Waals surface area contributed by atoms with Crippen molar-refractivity contribution in [3.63, 3.8) is 0 Å². The summed E-state index contributed by atoms with van der Waals surface area (Å²) in [6.07, 6.45) is 8.35. The van der Waals surface area contributed by atoms with E-state index >= 15 is 0 Å². The van der Waals surface area contributed by atoms with E-state index in [1.807, 2.05) is 18.4 Å². The Morgan fingerprint density at radius 1 is 1.29 bits per heavy atom. The van der Waals surface area contributed by atoms with Gasteiger partial charge in [0.1, 0.15) is 5.75 Å². The summed E-state index contributed by atoms with van der Waals surface area (Å²) in [5.41, 5.74) is 1.40. The van der Waals surface area contributed by atoms with Crippen molar-refractivity contribution >= 4 is 29.4 Å². The van der Waals surface area contributed by atoms with Gasteiger partial charge in [-0.1, -0.05) is 23.9 Å². The molecular weight excluding hydrogens is 286 g/mol. The molecule has 0 radical (unpaired) electrons. The van der Waals surface area contributed by atoms with Gasteiger partial charge in [0.25, 0.3) is 0 Å². The lowest BCUT2D eigenvalue weighted by atomic mass is 10.2. The summed E-state index contributed by atoms with van der Waals surface area (Å²) in [5, 5.41) is 3.46. The first kappa shape index (κ1) is 15.1. The van der Waals surface area contributed by atoms with E-state index in [9.17, 15) is 4.79 Å². The van der Waals surface area contributed by atoms with Crippen LogP contribution in [0.15, 0.2) is 47.9 Å². The minimum absolute atomic E-state index is 0.242. The molecule has 0 fully saturated rings. The number of methoxy groups -OCH3 is 1. The maximum atomic E-state index is 11.9. The molecule has 1 heterocycles. The van der Waals surface area contributed by atoms with Crippen molar-refractivity contribution in [2.75, 3.05) is 18.7 Å². The third-order valence-electron chi connectivity index (χ3n) is 2.62. The topological polar surface area (TPSA) is 64.1 Å². The monoisotopic (exact) mass is 301 g/mol. The quantitative estimate of drug-likeness (QED) is 0.522. The highest BCUT2D eigenvalue weighted by Crippen LogP contribution is 2.22. The van der Waals surface area contributed by atoms with Crippen LogP contribution in [0.1, 0.15) is 5.56 Å². The van der Waals surface area contributed by atoms with Crippen LogP contribution in [-0.2, 0) is 4.79 Å². The normalized spacial score (nSPS) is 10.6. The molecular formula is C15H15N3O2S. The summed E-state index contributed by atoms with van der Waals surface area (Å²) in [5.74, 6) is 0.375. The van der Waals surface area contributed by atoms with Crippen LogP contribution in [-0.4, -0.2) is 29.2 Å². The molecule has 0 saturated heterocycles. The molecule has 2 rings (SSSR count). The summed E-state index contributed by atoms with van der Waals surface area (Å²) in [4.78, 5) is 20.1. The zero-order valence-corrected chi connectivity index (χ0v) is 12.6. The van der Waals surface area contributed by atoms with Crippen molar-refractivity contribution in [1.82, 2.24) is 9.97 Å². The highest BCUT2D eigenvalue weighted by atomic mass is 32.2. The minimum atomic E-state index is -0.242. The number of ether oxygens (including phenoxy) is 1. The van der Waals surface area contributed by atoms with Gasteiger partial charge in [0.05, 0.1) is 12.8 Å². The van der Waals surface area contributed by atoms with Crippen LogP contribution in [0.3, 0.4) is 0 Å². The largest absolute Gasteiger partial charge is 0.495 e. The van der Waals surface area contributed by atoms with E-state index in [-0.39, 0.29) is 5.91 Å². The van der Waals surface area contributed by atoms with E-state index in [2.05, 4.69) is 15.3 Å². The van der Waals surface area contributed by atoms with E-state index in [1.54, 1.807) is 37.7 Å². The highest BCUT2D eigenvalue weighted by molar-refractivity contribution is 7.98. The average Bonchev–Trinajstić information content (AvgIpc) is 2.54. The predicted molar refractivity (Wildman–Crippen MR) is 84.5 cm³/mol. The van der Waals surface area contributed by atoms with E-state index in [0.29, 0.717) is 16.6 Å². The van der Waals surface area contributed by atoms with Crippen LogP contribution in [0, 0.1) is 0 Å². The van der Waals surface area contributed by atoms with E-state index in [4.69, 9.17) is 4.74 Å². The van der Waals surface area contributed by atoms with Gasteiger partial charge in [-0.15, -0.1) is 0 Å². The minimum Gasteiger partial charge on any atom is -0.495 e. The number of anilines is 1. The average molecular weight is 301 g/mol. The number of amides is 1. The summed E-state index contributed by atoms with van der Waals surface area (Å²) >= 11 is 1.47. The first-order valence-corrected chi connectivity index (χ1v) is 7.43. The van der Waals surface area contributed by atoms with Crippen molar-refractivity contribution in [2.24, 2.45) is 0 Å². The maximum Gasteiger partial charge on any atom is 0.248 e. The molecule has 21 heavy (non-hydrogen) atoms. The second kappa shape index (κ2) is 7.44. The van der Waals surface area contributed by atoms with Crippen molar-refractivity contribution in [3.05, 3.63) is 48.3 Å². The van der Waals surface area contributed by atoms with Gasteiger partial charge in [-0.3, -0.25) is 4.79 Å². The van der Waals surface area contributed by atoms with Gasteiger partial charge in [0.2, 0.25) is 5.91 Å². The number of aromatic nitrogens is 2. The number of hydrogen-bond donors (Lipinski definition) is 1. The fourth-order valence-electron chi connectivity index (χ4n) is 1.61. The van der Waals surface area contributed by atoms with Crippen molar-refractivity contribution in [3.8, 4) is 5.75 Å². The number of carbonyl (C=O) groups is 1. The van der Waals surface area contributed by atoms with Gasteiger partial charge in [-0.05, 0) is 24.5 Å². The molecule has 0 bridgehead atoms. The first-order valence-electron chi connectivity index (χ1n) is 6.21. The molecule has 6 heteroatoms. The number of nitrogens with one attached hydrogen (secondary N) is 1. The standard InChI is InChI=1S/C15H15N3O2S/c1-20-13-6-4-3-5-12(13)18-14(19)8-7-11-9-16-15(21-2)17-10-11/h3-10H,1-2H3,(H,18,19). The number of rotatable bonds is 5. The van der Waals surface area contributed by atoms with Gasteiger partial charge < -0.3 is 10.1 Å². The second-order valence-electron chi connectivity index (χ2n) is 4.03. The third-order valence-corrected chi connectivity index (χ3v) is 3.20. The molecule has 1 amide bonds. The molecule has 2 aromatic rings. The first-order chi connectivity index (χ1) is 10.2. The molecule has 108 valence electrons. The molecule has 0 aliphatic carbocycles. The third kappa shape index (κ3) is 4.32. The second-order valence-corrected chi connectivity index (χ2v) is 4.80. The number of benzene rings is 1. The number of thioether (sulfide) groups is 1. The molecule has 5 nitrogen and oxygen atoms in total. The van der Waals surface area contributed by atoms with Gasteiger partial charge in [-0.2, -0.15) is 0 Å². The van der Waals surface area contributed by atoms with Crippen LogP contribution >= 0.6 is 11.8 Å². The van der Waals surface area contributed by atoms with Crippen LogP contribution in [0.4, 0.5) is 5.69 Å². The molecule has 0 atom stereocenters. The van der Waals surface area contributed by atoms with Gasteiger partial charge in [0, 0.05) is 24.0 Å². The lowest BCUT2D eigenvalue weighted by Crippen LogP contribution is -2.08. The van der Waals surface area contributed by atoms with Crippen LogP contribution in [0.2, 0.25) is 0 Å². The van der Waals surface area contributed by atoms with E-state index in [0.717, 1.165) is 5.56 Å². The smallest absolute Gasteiger partial charge is 0.248 e. The zero-order chi connectivity index (χ0) is 15.1. The van der Waals surface area contributed by atoms with Gasteiger partial charge >= 0.3 is 0 Å². The Hall–Kier alpha value is -2.34. The molecule has 1 aromatic heterocycles. The molecule has 1 aromatic carbocycles.